The maximum Gasteiger partial charge on any atom is 0.311 e. The molecule has 0 aliphatic carbocycles. The van der Waals surface area contributed by atoms with Crippen LogP contribution in [0.3, 0.4) is 0 Å². The van der Waals surface area contributed by atoms with Gasteiger partial charge in [-0.15, -0.1) is 0 Å². The van der Waals surface area contributed by atoms with Gasteiger partial charge in [-0.3, -0.25) is 9.59 Å². The first-order valence-corrected chi connectivity index (χ1v) is 8.77. The van der Waals surface area contributed by atoms with E-state index < -0.39 is 11.8 Å². The van der Waals surface area contributed by atoms with Crippen molar-refractivity contribution in [1.29, 1.82) is 0 Å². The van der Waals surface area contributed by atoms with Gasteiger partial charge in [-0.05, 0) is 30.2 Å². The summed E-state index contributed by atoms with van der Waals surface area (Å²) in [5.41, 5.74) is 1.85. The molecule has 0 saturated carbocycles. The summed E-state index contributed by atoms with van der Waals surface area (Å²) in [6.45, 7) is 2.91. The Balaban J connectivity index is 1.83. The van der Waals surface area contributed by atoms with Crippen molar-refractivity contribution >= 4 is 11.9 Å². The summed E-state index contributed by atoms with van der Waals surface area (Å²) in [6, 6.07) is 17.1. The predicted molar refractivity (Wildman–Crippen MR) is 97.7 cm³/mol. The number of ether oxygens (including phenoxy) is 2. The van der Waals surface area contributed by atoms with E-state index in [0.717, 1.165) is 16.9 Å². The van der Waals surface area contributed by atoms with Crippen LogP contribution in [0.5, 0.6) is 5.75 Å². The average Bonchev–Trinajstić information content (AvgIpc) is 3.00. The molecule has 1 fully saturated rings. The summed E-state index contributed by atoms with van der Waals surface area (Å²) in [6.07, 6.45) is 0. The van der Waals surface area contributed by atoms with Gasteiger partial charge >= 0.3 is 5.97 Å². The van der Waals surface area contributed by atoms with Crippen molar-refractivity contribution in [3.63, 3.8) is 0 Å². The number of likely N-dealkylation sites (tertiary alicyclic amines) is 1. The van der Waals surface area contributed by atoms with Crippen LogP contribution >= 0.6 is 0 Å². The van der Waals surface area contributed by atoms with Crippen LogP contribution in [0.4, 0.5) is 0 Å². The Hall–Kier alpha value is -2.82. The van der Waals surface area contributed by atoms with Gasteiger partial charge < -0.3 is 14.4 Å². The number of carbonyl (C=O) groups excluding carboxylic acids is 2. The second-order valence-electron chi connectivity index (χ2n) is 6.31. The largest absolute Gasteiger partial charge is 0.497 e. The molecule has 5 heteroatoms. The highest BCUT2D eigenvalue weighted by Gasteiger charge is 2.45. The number of hydrogen-bond donors (Lipinski definition) is 0. The third-order valence-corrected chi connectivity index (χ3v) is 4.68. The first-order chi connectivity index (χ1) is 12.6. The second-order valence-corrected chi connectivity index (χ2v) is 6.31. The standard InChI is InChI=1S/C21H23NO4/c1-3-26-21(24)18-14-22(13-15-9-11-17(25-2)12-10-15)20(23)19(18)16-7-5-4-6-8-16/h4-12,18-19H,3,13-14H2,1-2H3/t18-,19+/m0/s1. The molecule has 1 aliphatic heterocycles. The van der Waals surface area contributed by atoms with E-state index >= 15 is 0 Å². The lowest BCUT2D eigenvalue weighted by Gasteiger charge is -2.17. The Morgan fingerprint density at radius 1 is 1.12 bits per heavy atom. The predicted octanol–water partition coefficient (Wildman–Crippen LogP) is 3.00. The minimum Gasteiger partial charge on any atom is -0.497 e. The Morgan fingerprint density at radius 3 is 2.42 bits per heavy atom. The molecular formula is C21H23NO4. The average molecular weight is 353 g/mol. The number of amides is 1. The topological polar surface area (TPSA) is 55.8 Å². The fourth-order valence-electron chi connectivity index (χ4n) is 3.39. The van der Waals surface area contributed by atoms with Crippen molar-refractivity contribution in [2.45, 2.75) is 19.4 Å². The maximum absolute atomic E-state index is 13.0. The summed E-state index contributed by atoms with van der Waals surface area (Å²) in [7, 11) is 1.62. The molecule has 5 nitrogen and oxygen atoms in total. The molecule has 1 aliphatic rings. The molecule has 0 bridgehead atoms. The highest BCUT2D eigenvalue weighted by molar-refractivity contribution is 5.93. The lowest BCUT2D eigenvalue weighted by atomic mass is 9.88. The second kappa shape index (κ2) is 8.04. The Kier molecular flexibility index (Phi) is 5.56. The van der Waals surface area contributed by atoms with Crippen LogP contribution in [0.2, 0.25) is 0 Å². The van der Waals surface area contributed by atoms with E-state index in [1.165, 1.54) is 0 Å². The zero-order valence-electron chi connectivity index (χ0n) is 15.1. The van der Waals surface area contributed by atoms with Crippen LogP contribution < -0.4 is 4.74 Å². The summed E-state index contributed by atoms with van der Waals surface area (Å²) < 4.78 is 10.4. The van der Waals surface area contributed by atoms with Crippen LogP contribution in [0.15, 0.2) is 54.6 Å². The van der Waals surface area contributed by atoms with Crippen molar-refractivity contribution in [3.8, 4) is 5.75 Å². The molecule has 0 spiro atoms. The molecule has 2 aromatic rings. The van der Waals surface area contributed by atoms with E-state index in [0.29, 0.717) is 19.7 Å². The maximum atomic E-state index is 13.0. The van der Waals surface area contributed by atoms with E-state index in [2.05, 4.69) is 0 Å². The van der Waals surface area contributed by atoms with Crippen molar-refractivity contribution in [1.82, 2.24) is 4.90 Å². The molecule has 0 N–H and O–H groups in total. The van der Waals surface area contributed by atoms with E-state index in [1.54, 1.807) is 18.9 Å². The van der Waals surface area contributed by atoms with Crippen LogP contribution in [-0.2, 0) is 20.9 Å². The van der Waals surface area contributed by atoms with Gasteiger partial charge in [0.05, 0.1) is 25.6 Å². The number of rotatable bonds is 6. The minimum absolute atomic E-state index is 0.0370. The van der Waals surface area contributed by atoms with Crippen LogP contribution in [0.25, 0.3) is 0 Å². The molecule has 3 rings (SSSR count). The quantitative estimate of drug-likeness (QED) is 0.749. The van der Waals surface area contributed by atoms with Gasteiger partial charge in [0.2, 0.25) is 5.91 Å². The van der Waals surface area contributed by atoms with E-state index in [1.807, 2.05) is 54.6 Å². The molecule has 136 valence electrons. The molecule has 2 aromatic carbocycles. The number of carbonyl (C=O) groups is 2. The lowest BCUT2D eigenvalue weighted by Crippen LogP contribution is -2.26. The fourth-order valence-corrected chi connectivity index (χ4v) is 3.39. The molecular weight excluding hydrogens is 330 g/mol. The zero-order chi connectivity index (χ0) is 18.5. The molecule has 0 aromatic heterocycles. The Labute approximate surface area is 153 Å². The van der Waals surface area contributed by atoms with Gasteiger partial charge in [-0.1, -0.05) is 42.5 Å². The monoisotopic (exact) mass is 353 g/mol. The van der Waals surface area contributed by atoms with Crippen molar-refractivity contribution < 1.29 is 19.1 Å². The fraction of sp³-hybridized carbons (Fsp3) is 0.333. The summed E-state index contributed by atoms with van der Waals surface area (Å²) in [5.74, 6) is -0.554. The van der Waals surface area contributed by atoms with Gasteiger partial charge in [0, 0.05) is 13.1 Å². The summed E-state index contributed by atoms with van der Waals surface area (Å²) >= 11 is 0. The van der Waals surface area contributed by atoms with Gasteiger partial charge in [0.15, 0.2) is 0 Å². The zero-order valence-corrected chi connectivity index (χ0v) is 15.1. The molecule has 0 unspecified atom stereocenters. The van der Waals surface area contributed by atoms with Crippen molar-refractivity contribution in [2.24, 2.45) is 5.92 Å². The van der Waals surface area contributed by atoms with Crippen LogP contribution in [0, 0.1) is 5.92 Å². The van der Waals surface area contributed by atoms with Gasteiger partial charge in [0.25, 0.3) is 0 Å². The number of benzene rings is 2. The Morgan fingerprint density at radius 2 is 1.81 bits per heavy atom. The Bertz CT molecular complexity index is 757. The third kappa shape index (κ3) is 3.72. The first kappa shape index (κ1) is 18.0. The number of hydrogen-bond acceptors (Lipinski definition) is 4. The van der Waals surface area contributed by atoms with Crippen LogP contribution in [0.1, 0.15) is 24.0 Å². The van der Waals surface area contributed by atoms with Crippen molar-refractivity contribution in [3.05, 3.63) is 65.7 Å². The number of esters is 1. The van der Waals surface area contributed by atoms with Gasteiger partial charge in [-0.25, -0.2) is 0 Å². The highest BCUT2D eigenvalue weighted by Crippen LogP contribution is 2.35. The first-order valence-electron chi connectivity index (χ1n) is 8.77. The van der Waals surface area contributed by atoms with Gasteiger partial charge in [-0.2, -0.15) is 0 Å². The number of methoxy groups -OCH3 is 1. The minimum atomic E-state index is -0.492. The third-order valence-electron chi connectivity index (χ3n) is 4.68. The molecule has 26 heavy (non-hydrogen) atoms. The molecule has 1 heterocycles. The SMILES string of the molecule is CCOC(=O)[C@H]1CN(Cc2ccc(OC)cc2)C(=O)[C@@H]1c1ccccc1. The van der Waals surface area contributed by atoms with Crippen LogP contribution in [-0.4, -0.2) is 37.0 Å². The molecule has 1 amide bonds. The summed E-state index contributed by atoms with van der Waals surface area (Å²) in [4.78, 5) is 27.2. The molecule has 1 saturated heterocycles. The summed E-state index contributed by atoms with van der Waals surface area (Å²) in [5, 5.41) is 0. The van der Waals surface area contributed by atoms with Crippen molar-refractivity contribution in [2.75, 3.05) is 20.3 Å². The molecule has 2 atom stereocenters. The number of nitrogens with zero attached hydrogens (tertiary/aromatic N) is 1. The normalized spacial score (nSPS) is 19.5. The van der Waals surface area contributed by atoms with Gasteiger partial charge in [0.1, 0.15) is 5.75 Å². The van der Waals surface area contributed by atoms with E-state index in [9.17, 15) is 9.59 Å². The lowest BCUT2D eigenvalue weighted by molar-refractivity contribution is -0.148. The smallest absolute Gasteiger partial charge is 0.311 e. The van der Waals surface area contributed by atoms with E-state index in [-0.39, 0.29) is 11.9 Å². The van der Waals surface area contributed by atoms with E-state index in [4.69, 9.17) is 9.47 Å². The molecule has 0 radical (unpaired) electrons. The highest BCUT2D eigenvalue weighted by atomic mass is 16.5.